The smallest absolute Gasteiger partial charge is 0.315 e. The Balaban J connectivity index is 2.16. The van der Waals surface area contributed by atoms with Crippen LogP contribution in [0.4, 0.5) is 4.39 Å². The Labute approximate surface area is 103 Å². The highest BCUT2D eigenvalue weighted by Gasteiger charge is 2.25. The predicted molar refractivity (Wildman–Crippen MR) is 63.0 cm³/mol. The lowest BCUT2D eigenvalue weighted by molar-refractivity contribution is 0.490. The fourth-order valence-corrected chi connectivity index (χ4v) is 2.67. The lowest BCUT2D eigenvalue weighted by atomic mass is 10.3. The zero-order chi connectivity index (χ0) is 10.9. The molecule has 0 aliphatic rings. The summed E-state index contributed by atoms with van der Waals surface area (Å²) in [6.45, 7) is 0. The molecule has 7 heteroatoms. The summed E-state index contributed by atoms with van der Waals surface area (Å²) in [5, 5.41) is 0.324. The van der Waals surface area contributed by atoms with Gasteiger partial charge in [0, 0.05) is 10.8 Å². The van der Waals surface area contributed by atoms with Gasteiger partial charge in [-0.25, -0.2) is 4.98 Å². The molecule has 0 radical (unpaired) electrons. The maximum absolute atomic E-state index is 12.7. The van der Waals surface area contributed by atoms with E-state index in [0.29, 0.717) is 27.1 Å². The van der Waals surface area contributed by atoms with Gasteiger partial charge in [-0.1, -0.05) is 35.3 Å². The molecule has 0 aliphatic carbocycles. The van der Waals surface area contributed by atoms with Gasteiger partial charge in [-0.15, -0.1) is 0 Å². The van der Waals surface area contributed by atoms with Gasteiger partial charge in [0.25, 0.3) is 5.22 Å². The van der Waals surface area contributed by atoms with Crippen molar-refractivity contribution >= 4 is 55.9 Å². The molecule has 0 saturated heterocycles. The summed E-state index contributed by atoms with van der Waals surface area (Å²) in [5.74, 6) is 0. The van der Waals surface area contributed by atoms with Crippen LogP contribution in [0, 0.1) is 0 Å². The molecular weight excluding hydrogens is 280 g/mol. The van der Waals surface area contributed by atoms with Gasteiger partial charge in [0.2, 0.25) is 0 Å². The molecule has 1 aromatic heterocycles. The molecule has 2 nitrogen and oxygen atoms in total. The Morgan fingerprint density at radius 3 is 2.73 bits per heavy atom. The first kappa shape index (κ1) is 11.4. The van der Waals surface area contributed by atoms with E-state index >= 15 is 0 Å². The number of nitrogens with zero attached hydrogens (tertiary/aromatic N) is 1. The maximum Gasteiger partial charge on any atom is 0.315 e. The average molecular weight is 284 g/mol. The van der Waals surface area contributed by atoms with Crippen LogP contribution in [0.15, 0.2) is 33.9 Å². The van der Waals surface area contributed by atoms with Gasteiger partial charge in [0.15, 0.2) is 5.58 Å². The third-order valence-corrected chi connectivity index (χ3v) is 4.45. The second kappa shape index (κ2) is 4.41. The largest absolute Gasteiger partial charge is 0.431 e. The zero-order valence-electron chi connectivity index (χ0n) is 7.12. The van der Waals surface area contributed by atoms with Crippen molar-refractivity contribution in [3.63, 3.8) is 0 Å². The minimum absolute atomic E-state index is 0.324. The van der Waals surface area contributed by atoms with Crippen LogP contribution >= 0.6 is 44.8 Å². The molecule has 15 heavy (non-hydrogen) atoms. The van der Waals surface area contributed by atoms with Crippen LogP contribution in [-0.4, -0.2) is 8.90 Å². The first-order valence-corrected chi connectivity index (χ1v) is 6.73. The van der Waals surface area contributed by atoms with Gasteiger partial charge < -0.3 is 4.42 Å². The molecule has 0 N–H and O–H groups in total. The Hall–Kier alpha value is -0.1000. The van der Waals surface area contributed by atoms with Crippen LogP contribution in [0.3, 0.4) is 0 Å². The molecule has 80 valence electrons. The number of halogens is 3. The zero-order valence-corrected chi connectivity index (χ0v) is 10.3. The van der Waals surface area contributed by atoms with Crippen LogP contribution in [0.25, 0.3) is 11.1 Å². The number of hydrogen-bond donors (Lipinski definition) is 0. The molecule has 0 atom stereocenters. The van der Waals surface area contributed by atoms with Crippen LogP contribution in [0.5, 0.6) is 0 Å². The highest BCUT2D eigenvalue weighted by atomic mass is 35.5. The molecule has 0 saturated carbocycles. The number of para-hydroxylation sites is 2. The van der Waals surface area contributed by atoms with Crippen molar-refractivity contribution in [1.29, 1.82) is 0 Å². The van der Waals surface area contributed by atoms with Crippen molar-refractivity contribution in [2.45, 2.75) is 9.14 Å². The summed E-state index contributed by atoms with van der Waals surface area (Å²) in [4.78, 5) is 4.11. The molecule has 0 spiro atoms. The molecule has 0 fully saturated rings. The average Bonchev–Trinajstić information content (AvgIpc) is 2.56. The van der Waals surface area contributed by atoms with Crippen LogP contribution in [0.1, 0.15) is 0 Å². The molecule has 0 aliphatic heterocycles. The summed E-state index contributed by atoms with van der Waals surface area (Å²) in [5.41, 5.74) is 1.36. The van der Waals surface area contributed by atoms with Crippen molar-refractivity contribution in [3.8, 4) is 0 Å². The van der Waals surface area contributed by atoms with E-state index in [2.05, 4.69) is 4.98 Å². The van der Waals surface area contributed by atoms with Crippen molar-refractivity contribution < 1.29 is 8.81 Å². The Morgan fingerprint density at radius 1 is 1.33 bits per heavy atom. The Bertz CT molecular complexity index is 438. The molecule has 1 heterocycles. The third-order valence-electron chi connectivity index (χ3n) is 1.48. The second-order valence-corrected chi connectivity index (χ2v) is 6.49. The number of hydrogen-bond acceptors (Lipinski definition) is 4. The lowest BCUT2D eigenvalue weighted by Gasteiger charge is -2.03. The van der Waals surface area contributed by atoms with E-state index in [9.17, 15) is 4.39 Å². The topological polar surface area (TPSA) is 26.0 Å². The van der Waals surface area contributed by atoms with E-state index in [0.717, 1.165) is 10.8 Å². The van der Waals surface area contributed by atoms with Crippen LogP contribution < -0.4 is 0 Å². The van der Waals surface area contributed by atoms with E-state index in [1.165, 1.54) is 0 Å². The van der Waals surface area contributed by atoms with Crippen molar-refractivity contribution in [1.82, 2.24) is 4.98 Å². The second-order valence-electron chi connectivity index (χ2n) is 2.56. The maximum atomic E-state index is 12.7. The van der Waals surface area contributed by atoms with E-state index in [1.807, 2.05) is 12.1 Å². The fourth-order valence-electron chi connectivity index (χ4n) is 0.970. The molecule has 0 unspecified atom stereocenters. The minimum Gasteiger partial charge on any atom is -0.431 e. The Kier molecular flexibility index (Phi) is 3.35. The molecule has 2 rings (SSSR count). The fraction of sp³-hybridized carbons (Fsp3) is 0.125. The van der Waals surface area contributed by atoms with Gasteiger partial charge in [0.1, 0.15) is 5.52 Å². The third kappa shape index (κ3) is 3.17. The van der Waals surface area contributed by atoms with Gasteiger partial charge in [-0.3, -0.25) is 0 Å². The number of oxazole rings is 1. The standard InChI is InChI=1S/C8H4Cl2FNOS2/c9-8(10,11)15-14-7-12-5-3-1-2-4-6(5)13-7/h1-4H. The molecular formula is C8H4Cl2FNOS2. The van der Waals surface area contributed by atoms with E-state index in [-0.39, 0.29) is 0 Å². The molecule has 1 aromatic carbocycles. The summed E-state index contributed by atoms with van der Waals surface area (Å²) in [6.07, 6.45) is 0. The van der Waals surface area contributed by atoms with Gasteiger partial charge in [-0.05, 0) is 22.9 Å². The summed E-state index contributed by atoms with van der Waals surface area (Å²) < 4.78 is 15.7. The van der Waals surface area contributed by atoms with Crippen molar-refractivity contribution in [2.24, 2.45) is 0 Å². The van der Waals surface area contributed by atoms with Gasteiger partial charge in [-0.2, -0.15) is 4.39 Å². The molecule has 0 amide bonds. The molecule has 2 aromatic rings. The molecule has 0 bridgehead atoms. The number of aromatic nitrogens is 1. The normalized spacial score (nSPS) is 12.2. The monoisotopic (exact) mass is 283 g/mol. The number of benzene rings is 1. The van der Waals surface area contributed by atoms with E-state index in [4.69, 9.17) is 27.6 Å². The van der Waals surface area contributed by atoms with Gasteiger partial charge >= 0.3 is 3.92 Å². The lowest BCUT2D eigenvalue weighted by Crippen LogP contribution is -1.91. The van der Waals surface area contributed by atoms with Crippen molar-refractivity contribution in [3.05, 3.63) is 24.3 Å². The summed E-state index contributed by atoms with van der Waals surface area (Å²) in [7, 11) is 1.58. The SMILES string of the molecule is FC(Cl)(Cl)SSc1nc2ccccc2o1. The van der Waals surface area contributed by atoms with E-state index in [1.54, 1.807) is 12.1 Å². The van der Waals surface area contributed by atoms with Gasteiger partial charge in [0.05, 0.1) is 0 Å². The van der Waals surface area contributed by atoms with E-state index < -0.39 is 3.92 Å². The highest BCUT2D eigenvalue weighted by molar-refractivity contribution is 8.77. The summed E-state index contributed by atoms with van der Waals surface area (Å²) >= 11 is 10.3. The minimum atomic E-state index is -2.34. The number of alkyl halides is 3. The Morgan fingerprint density at radius 2 is 2.07 bits per heavy atom. The highest BCUT2D eigenvalue weighted by Crippen LogP contribution is 2.47. The van der Waals surface area contributed by atoms with Crippen LogP contribution in [-0.2, 0) is 0 Å². The number of rotatable bonds is 3. The number of fused-ring (bicyclic) bond motifs is 1. The van der Waals surface area contributed by atoms with Crippen LogP contribution in [0.2, 0.25) is 0 Å². The predicted octanol–water partition coefficient (Wildman–Crippen LogP) is 4.63. The van der Waals surface area contributed by atoms with Crippen molar-refractivity contribution in [2.75, 3.05) is 0 Å². The summed E-state index contributed by atoms with van der Waals surface area (Å²) in [6, 6.07) is 7.26. The quantitative estimate of drug-likeness (QED) is 0.606. The first-order valence-electron chi connectivity index (χ1n) is 3.82. The first-order chi connectivity index (χ1) is 7.04.